The monoisotopic (exact) mass is 301 g/mol. The highest BCUT2D eigenvalue weighted by molar-refractivity contribution is 6.16. The number of nitrogens with zero attached hydrogens (tertiary/aromatic N) is 1. The Bertz CT molecular complexity index is 827. The van der Waals surface area contributed by atoms with Crippen LogP contribution in [0.5, 0.6) is 0 Å². The van der Waals surface area contributed by atoms with Crippen LogP contribution in [-0.4, -0.2) is 10.8 Å². The molecule has 0 radical (unpaired) electrons. The molecule has 2 aliphatic rings. The number of hydrogen-bond acceptors (Lipinski definition) is 2. The van der Waals surface area contributed by atoms with Gasteiger partial charge in [-0.25, -0.2) is 4.98 Å². The van der Waals surface area contributed by atoms with Crippen molar-refractivity contribution in [3.63, 3.8) is 0 Å². The van der Waals surface area contributed by atoms with Gasteiger partial charge in [-0.1, -0.05) is 42.5 Å². The number of halogens is 3. The maximum atomic E-state index is 12.3. The molecule has 2 aromatic carbocycles. The second-order valence-electron chi connectivity index (χ2n) is 4.80. The number of rotatable bonds is 0. The van der Waals surface area contributed by atoms with Crippen LogP contribution in [0.3, 0.4) is 0 Å². The molecule has 0 unspecified atom stereocenters. The van der Waals surface area contributed by atoms with Crippen LogP contribution in [0.25, 0.3) is 10.9 Å². The summed E-state index contributed by atoms with van der Waals surface area (Å²) in [6.45, 7) is 0. The quantitative estimate of drug-likeness (QED) is 0.479. The van der Waals surface area contributed by atoms with Crippen LogP contribution in [0.2, 0.25) is 0 Å². The number of fused-ring (bicyclic) bond motifs is 3. The Morgan fingerprint density at radius 1 is 0.818 bits per heavy atom. The van der Waals surface area contributed by atoms with Crippen molar-refractivity contribution in [2.45, 2.75) is 6.18 Å². The summed E-state index contributed by atoms with van der Waals surface area (Å²) in [7, 11) is 0. The standard InChI is InChI=1S/C10H6F3N.C7H4O/c11-10(12,13)9-6-5-7-3-1-2-4-8(7)14-9;8-7-5-2-1-3-6(7)4-5/h1-6H;1-4H. The van der Waals surface area contributed by atoms with Gasteiger partial charge in [0.05, 0.1) is 5.52 Å². The van der Waals surface area contributed by atoms with E-state index in [1.165, 1.54) is 6.07 Å². The van der Waals surface area contributed by atoms with Crippen LogP contribution in [0.15, 0.2) is 60.7 Å². The molecule has 1 heterocycles. The lowest BCUT2D eigenvalue weighted by Crippen LogP contribution is -2.10. The fraction of sp³-hybridized carbons (Fsp3) is 0.0588. The van der Waals surface area contributed by atoms with E-state index in [2.05, 4.69) is 4.98 Å². The Kier molecular flexibility index (Phi) is 3.41. The molecule has 3 aromatic rings. The summed E-state index contributed by atoms with van der Waals surface area (Å²) >= 11 is 0. The van der Waals surface area contributed by atoms with E-state index < -0.39 is 11.9 Å². The minimum atomic E-state index is -4.37. The normalized spacial score (nSPS) is 12.4. The fourth-order valence-electron chi connectivity index (χ4n) is 2.11. The number of pyridine rings is 1. The number of carbonyl (C=O) groups excluding carboxylic acids is 1. The zero-order valence-electron chi connectivity index (χ0n) is 11.3. The molecule has 0 saturated carbocycles. The van der Waals surface area contributed by atoms with Crippen molar-refractivity contribution < 1.29 is 18.0 Å². The number of para-hydroxylation sites is 1. The van der Waals surface area contributed by atoms with Gasteiger partial charge in [-0.15, -0.1) is 0 Å². The first-order valence-electron chi connectivity index (χ1n) is 6.53. The van der Waals surface area contributed by atoms with Gasteiger partial charge in [0, 0.05) is 16.5 Å². The molecule has 0 atom stereocenters. The average Bonchev–Trinajstić information content (AvgIpc) is 2.54. The summed E-state index contributed by atoms with van der Waals surface area (Å²) in [5.74, 6) is 0.201. The summed E-state index contributed by atoms with van der Waals surface area (Å²) in [5, 5.41) is 0.709. The smallest absolute Gasteiger partial charge is 0.289 e. The van der Waals surface area contributed by atoms with Gasteiger partial charge in [-0.05, 0) is 18.2 Å². The zero-order valence-corrected chi connectivity index (χ0v) is 11.3. The highest BCUT2D eigenvalue weighted by Gasteiger charge is 2.32. The van der Waals surface area contributed by atoms with E-state index in [0.717, 1.165) is 17.2 Å². The van der Waals surface area contributed by atoms with Gasteiger partial charge in [-0.3, -0.25) is 4.79 Å². The van der Waals surface area contributed by atoms with Gasteiger partial charge in [0.1, 0.15) is 5.69 Å². The highest BCUT2D eigenvalue weighted by Crippen LogP contribution is 2.28. The lowest BCUT2D eigenvalue weighted by atomic mass is 9.92. The van der Waals surface area contributed by atoms with E-state index in [1.807, 2.05) is 24.3 Å². The minimum Gasteiger partial charge on any atom is -0.289 e. The number of aromatic nitrogens is 1. The molecule has 110 valence electrons. The molecule has 0 saturated heterocycles. The Balaban J connectivity index is 0.000000151. The third kappa shape index (κ3) is 2.70. The molecule has 0 fully saturated rings. The van der Waals surface area contributed by atoms with E-state index in [-0.39, 0.29) is 5.78 Å². The topological polar surface area (TPSA) is 30.0 Å². The number of benzene rings is 2. The molecule has 0 spiro atoms. The maximum Gasteiger partial charge on any atom is 0.433 e. The third-order valence-corrected chi connectivity index (χ3v) is 3.28. The van der Waals surface area contributed by atoms with Gasteiger partial charge < -0.3 is 0 Å². The van der Waals surface area contributed by atoms with Gasteiger partial charge >= 0.3 is 6.18 Å². The SMILES string of the molecule is FC(F)(F)c1ccc2ccccc2n1.O=C1c2cccc1c2. The molecule has 2 aliphatic carbocycles. The molecule has 0 aliphatic heterocycles. The van der Waals surface area contributed by atoms with Crippen LogP contribution in [0, 0.1) is 0 Å². The third-order valence-electron chi connectivity index (χ3n) is 3.28. The Hall–Kier alpha value is -2.69. The second kappa shape index (κ2) is 5.26. The fourth-order valence-corrected chi connectivity index (χ4v) is 2.11. The Labute approximate surface area is 124 Å². The highest BCUT2D eigenvalue weighted by atomic mass is 19.4. The van der Waals surface area contributed by atoms with Crippen LogP contribution < -0.4 is 0 Å². The van der Waals surface area contributed by atoms with Crippen molar-refractivity contribution in [1.29, 1.82) is 0 Å². The first-order chi connectivity index (χ1) is 10.4. The van der Waals surface area contributed by atoms with E-state index >= 15 is 0 Å². The first-order valence-corrected chi connectivity index (χ1v) is 6.53. The van der Waals surface area contributed by atoms with Crippen molar-refractivity contribution in [2.24, 2.45) is 0 Å². The van der Waals surface area contributed by atoms with E-state index in [4.69, 9.17) is 0 Å². The molecule has 5 heteroatoms. The molecule has 2 bridgehead atoms. The number of alkyl halides is 3. The molecule has 0 amide bonds. The maximum absolute atomic E-state index is 12.3. The predicted octanol–water partition coefficient (Wildman–Crippen LogP) is 4.48. The lowest BCUT2D eigenvalue weighted by Gasteiger charge is -2.10. The number of hydrogen-bond donors (Lipinski definition) is 0. The second-order valence-corrected chi connectivity index (χ2v) is 4.80. The van der Waals surface area contributed by atoms with E-state index in [1.54, 1.807) is 24.3 Å². The molecular formula is C17H10F3NO. The largest absolute Gasteiger partial charge is 0.433 e. The molecule has 22 heavy (non-hydrogen) atoms. The predicted molar refractivity (Wildman–Crippen MR) is 76.6 cm³/mol. The Morgan fingerprint density at radius 2 is 1.50 bits per heavy atom. The molecular weight excluding hydrogens is 291 g/mol. The summed E-state index contributed by atoms with van der Waals surface area (Å²) in [5.41, 5.74) is 1.21. The van der Waals surface area contributed by atoms with Crippen LogP contribution in [0.1, 0.15) is 21.6 Å². The minimum absolute atomic E-state index is 0.201. The van der Waals surface area contributed by atoms with Crippen molar-refractivity contribution >= 4 is 16.7 Å². The van der Waals surface area contributed by atoms with Crippen molar-refractivity contribution in [1.82, 2.24) is 4.98 Å². The molecule has 5 rings (SSSR count). The summed E-state index contributed by atoms with van der Waals surface area (Å²) in [6, 6.07) is 16.6. The van der Waals surface area contributed by atoms with Crippen LogP contribution in [-0.2, 0) is 6.18 Å². The average molecular weight is 301 g/mol. The van der Waals surface area contributed by atoms with E-state index in [9.17, 15) is 18.0 Å². The van der Waals surface area contributed by atoms with Crippen molar-refractivity contribution in [3.8, 4) is 0 Å². The van der Waals surface area contributed by atoms with Gasteiger partial charge in [0.15, 0.2) is 5.78 Å². The molecule has 0 N–H and O–H groups in total. The van der Waals surface area contributed by atoms with E-state index in [0.29, 0.717) is 10.9 Å². The van der Waals surface area contributed by atoms with Crippen molar-refractivity contribution in [2.75, 3.05) is 0 Å². The number of ketones is 1. The summed E-state index contributed by atoms with van der Waals surface area (Å²) in [6.07, 6.45) is -4.37. The molecule has 1 aromatic heterocycles. The zero-order chi connectivity index (χ0) is 15.7. The van der Waals surface area contributed by atoms with Crippen LogP contribution >= 0.6 is 0 Å². The summed E-state index contributed by atoms with van der Waals surface area (Å²) < 4.78 is 36.8. The van der Waals surface area contributed by atoms with Gasteiger partial charge in [0.2, 0.25) is 0 Å². The van der Waals surface area contributed by atoms with Gasteiger partial charge in [-0.2, -0.15) is 13.2 Å². The Morgan fingerprint density at radius 3 is 2.05 bits per heavy atom. The van der Waals surface area contributed by atoms with Crippen LogP contribution in [0.4, 0.5) is 13.2 Å². The van der Waals surface area contributed by atoms with Crippen molar-refractivity contribution in [3.05, 3.63) is 77.5 Å². The lowest BCUT2D eigenvalue weighted by molar-refractivity contribution is -0.140. The molecule has 2 nitrogen and oxygen atoms in total. The summed E-state index contributed by atoms with van der Waals surface area (Å²) in [4.78, 5) is 14.2. The first kappa shape index (κ1) is 14.3. The van der Waals surface area contributed by atoms with Gasteiger partial charge in [0.25, 0.3) is 0 Å². The number of carbonyl (C=O) groups is 1.